The van der Waals surface area contributed by atoms with E-state index in [1.54, 1.807) is 9.65 Å². The Bertz CT molecular complexity index is 4980. The minimum atomic E-state index is -2.45. The smallest absolute Gasteiger partial charge is 0.269 e. The van der Waals surface area contributed by atoms with E-state index in [4.69, 9.17) is 4.98 Å². The van der Waals surface area contributed by atoms with Gasteiger partial charge >= 0.3 is 194 Å². The normalized spacial score (nSPS) is 10.9. The second-order valence-electron chi connectivity index (χ2n) is 31.7. The van der Waals surface area contributed by atoms with Crippen LogP contribution in [0.5, 0.6) is 0 Å². The summed E-state index contributed by atoms with van der Waals surface area (Å²) in [5.74, 6) is -0.182. The first-order valence-corrected chi connectivity index (χ1v) is 60.2. The number of hydrogen-bond donors (Lipinski definition) is 2. The molecule has 2 aromatic heterocycles. The van der Waals surface area contributed by atoms with Crippen LogP contribution in [0.25, 0.3) is 21.8 Å². The van der Waals surface area contributed by atoms with Crippen molar-refractivity contribution in [1.82, 2.24) is 30.4 Å². The minimum Gasteiger partial charge on any atom is -0.349 e. The molecule has 16 rings (SSSR count). The van der Waals surface area contributed by atoms with Gasteiger partial charge in [-0.25, -0.2) is 4.98 Å². The molecule has 2 N–H and O–H groups in total. The summed E-state index contributed by atoms with van der Waals surface area (Å²) >= 11 is -0.184. The molecule has 674 valence electrons. The average Bonchev–Trinajstić information content (AvgIpc) is 0.776. The summed E-state index contributed by atoms with van der Waals surface area (Å²) in [7, 11) is -1.78. The number of hydrogen-bond acceptors (Lipinski definition) is 6. The molecule has 131 heavy (non-hydrogen) atoms. The van der Waals surface area contributed by atoms with E-state index in [0.717, 1.165) is 55.7 Å². The summed E-state index contributed by atoms with van der Waals surface area (Å²) in [5.41, 5.74) is 2.79. The number of carbonyl (C=O) groups excluding carboxylic acids is 2. The van der Waals surface area contributed by atoms with E-state index in [2.05, 4.69) is 491 Å². The number of amides is 2. The van der Waals surface area contributed by atoms with Crippen LogP contribution in [0.3, 0.4) is 0 Å². The first-order chi connectivity index (χ1) is 64.0. The van der Waals surface area contributed by atoms with Crippen LogP contribution >= 0.6 is 54.3 Å². The van der Waals surface area contributed by atoms with Crippen LogP contribution in [0.1, 0.15) is 108 Å². The second kappa shape index (κ2) is 58.6. The van der Waals surface area contributed by atoms with Gasteiger partial charge < -0.3 is 10.2 Å². The van der Waals surface area contributed by atoms with Gasteiger partial charge in [-0.2, -0.15) is 0 Å². The summed E-state index contributed by atoms with van der Waals surface area (Å²) in [6.07, 6.45) is 7.97. The number of aromatic nitrogens is 2. The van der Waals surface area contributed by atoms with Gasteiger partial charge in [0.05, 0.1) is 5.52 Å². The Balaban J connectivity index is 0.000000165. The summed E-state index contributed by atoms with van der Waals surface area (Å²) in [6, 6.07) is 150. The number of benzene rings is 14. The molecule has 0 aliphatic heterocycles. The third kappa shape index (κ3) is 32.8. The van der Waals surface area contributed by atoms with Crippen molar-refractivity contribution in [2.75, 3.05) is 52.4 Å². The van der Waals surface area contributed by atoms with Crippen molar-refractivity contribution in [2.45, 2.75) is 100 Å². The van der Waals surface area contributed by atoms with Gasteiger partial charge in [-0.1, -0.05) is 398 Å². The van der Waals surface area contributed by atoms with Crippen LogP contribution in [0.2, 0.25) is 13.3 Å². The molecule has 0 atom stereocenters. The number of nitrogens with one attached hydrogen (secondary N) is 2. The van der Waals surface area contributed by atoms with Gasteiger partial charge in [-0.15, -0.1) is 0 Å². The number of halogens is 1. The van der Waals surface area contributed by atoms with Crippen LogP contribution in [-0.2, 0) is 20.4 Å². The number of rotatable bonds is 34. The monoisotopic (exact) mass is 2110 g/mol. The Morgan fingerprint density at radius 2 is 0.496 bits per heavy atom. The maximum Gasteiger partial charge on any atom is 0.269 e. The van der Waals surface area contributed by atoms with Crippen LogP contribution < -0.4 is 77.9 Å². The van der Waals surface area contributed by atoms with Crippen LogP contribution in [-0.4, -0.2) is 102 Å². The van der Waals surface area contributed by atoms with E-state index in [-0.39, 0.29) is 32.2 Å². The standard InChI is InChI=1S/4C18H15P.C16H20IN3O.C16H20N3O.3C4H9.Pd.Sn/c4*1-4-10-16(11-5-1)19(17-12-6-2-7-13-17)18-14-8-3-9-15-18;1-3-20(4-2)10-9-18-16(21)15-7-5-12-11-13(17)6-8-14(12)19-15;1-3-19(4-2)12-11-17-16(20)15-10-9-13-7-5-6-8-14(13)18-15;3*1-3-4-2;;/h4*1-15H;5-8,11H,3-4,9-10H2,1-2H3,(H,18,21);6-10H,3-4,11-12H2,1-2H3,(H,17,20);3*1,3-4H2,2H3;;. The number of pyridine rings is 2. The fourth-order valence-electron chi connectivity index (χ4n) is 15.8. The Morgan fingerprint density at radius 1 is 0.282 bits per heavy atom. The third-order valence-electron chi connectivity index (χ3n) is 22.8. The van der Waals surface area contributed by atoms with E-state index < -0.39 is 50.1 Å². The molecule has 0 unspecified atom stereocenters. The molecule has 0 saturated carbocycles. The van der Waals surface area contributed by atoms with Gasteiger partial charge in [0.2, 0.25) is 0 Å². The third-order valence-corrected chi connectivity index (χ3v) is 48.9. The van der Waals surface area contributed by atoms with Crippen molar-refractivity contribution in [3.63, 3.8) is 0 Å². The van der Waals surface area contributed by atoms with Crippen molar-refractivity contribution in [3.8, 4) is 0 Å². The Labute approximate surface area is 818 Å². The van der Waals surface area contributed by atoms with Gasteiger partial charge in [0.1, 0.15) is 5.69 Å². The molecule has 0 radical (unpaired) electrons. The molecule has 2 heterocycles. The van der Waals surface area contributed by atoms with Crippen molar-refractivity contribution < 1.29 is 30.0 Å². The molecule has 0 spiro atoms. The largest absolute Gasteiger partial charge is 0.349 e. The number of unbranched alkanes of at least 4 members (excludes halogenated alkanes) is 3. The zero-order chi connectivity index (χ0) is 91.0. The molecule has 16 aromatic rings. The predicted octanol–water partition coefficient (Wildman–Crippen LogP) is 23.1. The van der Waals surface area contributed by atoms with Crippen LogP contribution in [0.15, 0.2) is 425 Å². The quantitative estimate of drug-likeness (QED) is 0.0237. The van der Waals surface area contributed by atoms with E-state index in [9.17, 15) is 9.59 Å². The van der Waals surface area contributed by atoms with E-state index >= 15 is 0 Å². The van der Waals surface area contributed by atoms with Gasteiger partial charge in [-0.05, 0) is 155 Å². The van der Waals surface area contributed by atoms with Gasteiger partial charge in [0, 0.05) is 42.5 Å². The van der Waals surface area contributed by atoms with E-state index in [1.807, 2.05) is 24.3 Å². The van der Waals surface area contributed by atoms with Crippen molar-refractivity contribution in [3.05, 3.63) is 440 Å². The van der Waals surface area contributed by atoms with Crippen molar-refractivity contribution in [1.29, 1.82) is 0 Å². The zero-order valence-electron chi connectivity index (χ0n) is 77.0. The number of nitrogens with zero attached hydrogens (tertiary/aromatic N) is 4. The predicted molar refractivity (Wildman–Crippen MR) is 582 cm³/mol. The first-order valence-electron chi connectivity index (χ1n) is 46.3. The summed E-state index contributed by atoms with van der Waals surface area (Å²) < 4.78 is 7.24. The summed E-state index contributed by atoms with van der Waals surface area (Å²) in [6.45, 7) is 22.6. The van der Waals surface area contributed by atoms with Gasteiger partial charge in [0.15, 0.2) is 0 Å². The van der Waals surface area contributed by atoms with E-state index in [1.165, 1.54) is 124 Å². The Kier molecular flexibility index (Phi) is 46.4. The molecule has 14 aromatic carbocycles. The molecule has 8 nitrogen and oxygen atoms in total. The van der Waals surface area contributed by atoms with Crippen LogP contribution in [0.4, 0.5) is 0 Å². The molecular formula is C116H127IN6O2P4PdSn. The molecule has 0 aliphatic rings. The molecule has 0 aliphatic carbocycles. The van der Waals surface area contributed by atoms with Crippen molar-refractivity contribution in [2.24, 2.45) is 0 Å². The Hall–Kier alpha value is -9.33. The van der Waals surface area contributed by atoms with Crippen LogP contribution in [0, 0.1) is 3.57 Å². The molecule has 0 saturated heterocycles. The fraction of sp³-hybridized carbons (Fsp3) is 0.207. The van der Waals surface area contributed by atoms with Gasteiger partial charge in [-0.3, -0.25) is 4.79 Å². The van der Waals surface area contributed by atoms with Crippen molar-refractivity contribution >= 4 is 174 Å². The Morgan fingerprint density at radius 3 is 0.710 bits per heavy atom. The van der Waals surface area contributed by atoms with E-state index in [0.29, 0.717) is 24.5 Å². The number of carbonyl (C=O) groups is 2. The fourth-order valence-corrected chi connectivity index (χ4v) is 41.5. The SMILES string of the molecule is CCC[CH2][Sn]([CH2]CCC)([CH2]CCC)[c]1ccc2nc(C(=O)NCCN(CC)CC)ccc2c1.CCN(CC)CCNC(=O)c1ccc2cc(I)ccc2n1.[Pd].c1ccc(P(c2ccccc2)c2ccccc2)cc1.c1ccc(P(c2ccccc2)c2ccccc2)cc1.c1ccc(P(c2ccccc2)c2ccccc2)cc1.c1ccc(P(c2ccccc2)c2ccccc2)cc1. The molecule has 0 fully saturated rings. The maximum absolute atomic E-state index is 12.6. The topological polar surface area (TPSA) is 90.5 Å². The average molecular weight is 2110 g/mol. The minimum absolute atomic E-state index is 0. The summed E-state index contributed by atoms with van der Waals surface area (Å²) in [5, 5.41) is 25.0. The van der Waals surface area contributed by atoms with Gasteiger partial charge in [0.25, 0.3) is 5.91 Å². The first kappa shape index (κ1) is 104. The summed E-state index contributed by atoms with van der Waals surface area (Å²) in [4.78, 5) is 38.5. The zero-order valence-corrected chi connectivity index (χ0v) is 87.2. The molecule has 2 amide bonds. The number of fused-ring (bicyclic) bond motifs is 2. The molecule has 0 bridgehead atoms. The maximum atomic E-state index is 12.6. The number of likely N-dealkylation sites (N-methyl/N-ethyl adjacent to an activating group) is 2. The second-order valence-corrected chi connectivity index (χ2v) is 55.0. The molecule has 15 heteroatoms. The molecular weight excluding hydrogens is 1990 g/mol.